The second-order valence-electron chi connectivity index (χ2n) is 3.66. The van der Waals surface area contributed by atoms with Crippen molar-refractivity contribution < 1.29 is 9.21 Å². The number of carbonyl (C=O) groups is 1. The lowest BCUT2D eigenvalue weighted by molar-refractivity contribution is 0.102. The summed E-state index contributed by atoms with van der Waals surface area (Å²) in [5, 5.41) is 2.85. The third-order valence-electron chi connectivity index (χ3n) is 2.50. The van der Waals surface area contributed by atoms with E-state index < -0.39 is 0 Å². The molecule has 0 unspecified atom stereocenters. The van der Waals surface area contributed by atoms with E-state index >= 15 is 0 Å². The average Bonchev–Trinajstić information content (AvgIpc) is 2.68. The highest BCUT2D eigenvalue weighted by molar-refractivity contribution is 6.05. The molecule has 0 aliphatic rings. The van der Waals surface area contributed by atoms with Crippen LogP contribution >= 0.6 is 0 Å². The third kappa shape index (κ3) is 1.98. The number of rotatable bonds is 2. The number of benzene rings is 1. The molecule has 2 rings (SSSR count). The smallest absolute Gasteiger partial charge is 0.259 e. The van der Waals surface area contributed by atoms with Crippen molar-refractivity contribution in [1.29, 1.82) is 0 Å². The van der Waals surface area contributed by atoms with Gasteiger partial charge in [-0.25, -0.2) is 0 Å². The number of aryl methyl sites for hydroxylation is 2. The highest BCUT2D eigenvalue weighted by Crippen LogP contribution is 2.16. The van der Waals surface area contributed by atoms with E-state index in [0.29, 0.717) is 11.3 Å². The van der Waals surface area contributed by atoms with Crippen molar-refractivity contribution in [2.24, 2.45) is 0 Å². The number of hydrogen-bond acceptors (Lipinski definition) is 2. The predicted octanol–water partition coefficient (Wildman–Crippen LogP) is 3.15. The fourth-order valence-electron chi connectivity index (χ4n) is 1.52. The molecule has 0 saturated carbocycles. The van der Waals surface area contributed by atoms with Gasteiger partial charge in [-0.2, -0.15) is 0 Å². The second kappa shape index (κ2) is 4.23. The van der Waals surface area contributed by atoms with Crippen molar-refractivity contribution in [2.75, 3.05) is 5.32 Å². The molecule has 1 aromatic heterocycles. The van der Waals surface area contributed by atoms with Crippen molar-refractivity contribution in [1.82, 2.24) is 0 Å². The Morgan fingerprint density at radius 3 is 2.56 bits per heavy atom. The van der Waals surface area contributed by atoms with Crippen molar-refractivity contribution in [3.05, 3.63) is 53.5 Å². The molecule has 16 heavy (non-hydrogen) atoms. The Morgan fingerprint density at radius 2 is 1.94 bits per heavy atom. The minimum atomic E-state index is -0.138. The van der Waals surface area contributed by atoms with Crippen LogP contribution in [-0.2, 0) is 0 Å². The Bertz CT molecular complexity index is 514. The molecule has 2 aromatic rings. The summed E-state index contributed by atoms with van der Waals surface area (Å²) < 4.78 is 5.09. The number of hydrogen-bond donors (Lipinski definition) is 1. The van der Waals surface area contributed by atoms with Gasteiger partial charge in [-0.15, -0.1) is 0 Å². The lowest BCUT2D eigenvalue weighted by Crippen LogP contribution is -2.12. The van der Waals surface area contributed by atoms with E-state index in [0.717, 1.165) is 11.3 Å². The summed E-state index contributed by atoms with van der Waals surface area (Å²) in [4.78, 5) is 11.9. The summed E-state index contributed by atoms with van der Waals surface area (Å²) >= 11 is 0. The molecule has 0 aliphatic carbocycles. The molecule has 1 amide bonds. The Balaban J connectivity index is 2.21. The van der Waals surface area contributed by atoms with Gasteiger partial charge in [0.1, 0.15) is 5.76 Å². The number of furan rings is 1. The molecule has 1 aromatic carbocycles. The van der Waals surface area contributed by atoms with Crippen LogP contribution in [0.15, 0.2) is 41.0 Å². The lowest BCUT2D eigenvalue weighted by Gasteiger charge is -2.06. The molecule has 82 valence electrons. The number of amides is 1. The fraction of sp³-hybridized carbons (Fsp3) is 0.154. The van der Waals surface area contributed by atoms with E-state index in [2.05, 4.69) is 5.32 Å². The van der Waals surface area contributed by atoms with E-state index in [1.54, 1.807) is 13.0 Å². The van der Waals surface area contributed by atoms with Gasteiger partial charge in [0.25, 0.3) is 5.91 Å². The van der Waals surface area contributed by atoms with E-state index in [1.165, 1.54) is 6.26 Å². The molecule has 0 radical (unpaired) electrons. The van der Waals surface area contributed by atoms with Gasteiger partial charge in [-0.05, 0) is 31.5 Å². The van der Waals surface area contributed by atoms with Crippen LogP contribution in [0.2, 0.25) is 0 Å². The first-order valence-electron chi connectivity index (χ1n) is 5.09. The Labute approximate surface area is 94.1 Å². The SMILES string of the molecule is Cc1ccccc1NC(=O)c1ccoc1C. The van der Waals surface area contributed by atoms with Crippen LogP contribution in [-0.4, -0.2) is 5.91 Å². The number of anilines is 1. The van der Waals surface area contributed by atoms with Gasteiger partial charge in [0, 0.05) is 5.69 Å². The molecule has 0 bridgehead atoms. The zero-order valence-corrected chi connectivity index (χ0v) is 9.28. The molecule has 0 fully saturated rings. The van der Waals surface area contributed by atoms with E-state index in [9.17, 15) is 4.79 Å². The zero-order chi connectivity index (χ0) is 11.5. The molecule has 0 aliphatic heterocycles. The molecule has 1 heterocycles. The van der Waals surface area contributed by atoms with Crippen molar-refractivity contribution in [3.8, 4) is 0 Å². The van der Waals surface area contributed by atoms with Crippen LogP contribution in [0.25, 0.3) is 0 Å². The van der Waals surface area contributed by atoms with Crippen LogP contribution in [0.4, 0.5) is 5.69 Å². The standard InChI is InChI=1S/C13H13NO2/c1-9-5-3-4-6-12(9)14-13(15)11-7-8-16-10(11)2/h3-8H,1-2H3,(H,14,15). The highest BCUT2D eigenvalue weighted by Gasteiger charge is 2.11. The molecule has 0 spiro atoms. The zero-order valence-electron chi connectivity index (χ0n) is 9.28. The number of carbonyl (C=O) groups excluding carboxylic acids is 1. The van der Waals surface area contributed by atoms with Gasteiger partial charge in [-0.3, -0.25) is 4.79 Å². The summed E-state index contributed by atoms with van der Waals surface area (Å²) in [7, 11) is 0. The van der Waals surface area contributed by atoms with Gasteiger partial charge in [0.15, 0.2) is 0 Å². The van der Waals surface area contributed by atoms with Crippen LogP contribution in [0.5, 0.6) is 0 Å². The summed E-state index contributed by atoms with van der Waals surface area (Å²) in [6.07, 6.45) is 1.52. The van der Waals surface area contributed by atoms with E-state index in [-0.39, 0.29) is 5.91 Å². The minimum absolute atomic E-state index is 0.138. The highest BCUT2D eigenvalue weighted by atomic mass is 16.3. The summed E-state index contributed by atoms with van der Waals surface area (Å²) in [6, 6.07) is 9.34. The Kier molecular flexibility index (Phi) is 2.77. The number of nitrogens with one attached hydrogen (secondary N) is 1. The molecule has 0 atom stereocenters. The van der Waals surface area contributed by atoms with Gasteiger partial charge in [-0.1, -0.05) is 18.2 Å². The van der Waals surface area contributed by atoms with Gasteiger partial charge in [0.2, 0.25) is 0 Å². The van der Waals surface area contributed by atoms with Crippen LogP contribution in [0.1, 0.15) is 21.7 Å². The topological polar surface area (TPSA) is 42.2 Å². The predicted molar refractivity (Wildman–Crippen MR) is 62.6 cm³/mol. The van der Waals surface area contributed by atoms with E-state index in [4.69, 9.17) is 4.42 Å². The van der Waals surface area contributed by atoms with Crippen molar-refractivity contribution in [3.63, 3.8) is 0 Å². The van der Waals surface area contributed by atoms with Gasteiger partial charge in [0.05, 0.1) is 11.8 Å². The monoisotopic (exact) mass is 215 g/mol. The molecular weight excluding hydrogens is 202 g/mol. The van der Waals surface area contributed by atoms with E-state index in [1.807, 2.05) is 31.2 Å². The Morgan fingerprint density at radius 1 is 1.19 bits per heavy atom. The largest absolute Gasteiger partial charge is 0.469 e. The minimum Gasteiger partial charge on any atom is -0.469 e. The molecule has 3 nitrogen and oxygen atoms in total. The van der Waals surface area contributed by atoms with Crippen LogP contribution in [0.3, 0.4) is 0 Å². The first kappa shape index (κ1) is 10.5. The fourth-order valence-corrected chi connectivity index (χ4v) is 1.52. The second-order valence-corrected chi connectivity index (χ2v) is 3.66. The number of para-hydroxylation sites is 1. The molecule has 3 heteroatoms. The average molecular weight is 215 g/mol. The molecule has 0 saturated heterocycles. The third-order valence-corrected chi connectivity index (χ3v) is 2.50. The maximum atomic E-state index is 11.9. The summed E-state index contributed by atoms with van der Waals surface area (Å²) in [6.45, 7) is 3.73. The molecular formula is C13H13NO2. The summed E-state index contributed by atoms with van der Waals surface area (Å²) in [5.74, 6) is 0.492. The van der Waals surface area contributed by atoms with Crippen molar-refractivity contribution in [2.45, 2.75) is 13.8 Å². The van der Waals surface area contributed by atoms with Crippen LogP contribution in [0, 0.1) is 13.8 Å². The first-order chi connectivity index (χ1) is 7.68. The Hall–Kier alpha value is -2.03. The quantitative estimate of drug-likeness (QED) is 0.836. The van der Waals surface area contributed by atoms with Crippen LogP contribution < -0.4 is 5.32 Å². The molecule has 1 N–H and O–H groups in total. The summed E-state index contributed by atoms with van der Waals surface area (Å²) in [5.41, 5.74) is 2.44. The maximum Gasteiger partial charge on any atom is 0.259 e. The van der Waals surface area contributed by atoms with Gasteiger partial charge >= 0.3 is 0 Å². The van der Waals surface area contributed by atoms with Crippen molar-refractivity contribution >= 4 is 11.6 Å². The van der Waals surface area contributed by atoms with Gasteiger partial charge < -0.3 is 9.73 Å². The first-order valence-corrected chi connectivity index (χ1v) is 5.09. The lowest BCUT2D eigenvalue weighted by atomic mass is 10.2. The maximum absolute atomic E-state index is 11.9. The normalized spacial score (nSPS) is 10.1.